The lowest BCUT2D eigenvalue weighted by Crippen LogP contribution is -2.13. The molecule has 0 aliphatic carbocycles. The van der Waals surface area contributed by atoms with E-state index in [1.165, 1.54) is 35.6 Å². The van der Waals surface area contributed by atoms with E-state index in [9.17, 15) is 14.9 Å². The first-order chi connectivity index (χ1) is 15.0. The Kier molecular flexibility index (Phi) is 6.26. The van der Waals surface area contributed by atoms with Crippen LogP contribution in [-0.4, -0.2) is 31.8 Å². The van der Waals surface area contributed by atoms with E-state index in [-0.39, 0.29) is 28.5 Å². The van der Waals surface area contributed by atoms with E-state index >= 15 is 0 Å². The normalized spacial score (nSPS) is 10.7. The van der Waals surface area contributed by atoms with Crippen LogP contribution < -0.4 is 5.32 Å². The van der Waals surface area contributed by atoms with Crippen LogP contribution >= 0.6 is 34.7 Å². The smallest absolute Gasteiger partial charge is 0.277 e. The third-order valence-corrected chi connectivity index (χ3v) is 5.78. The van der Waals surface area contributed by atoms with Crippen LogP contribution in [0.3, 0.4) is 0 Å². The highest BCUT2D eigenvalue weighted by Crippen LogP contribution is 2.27. The second kappa shape index (κ2) is 9.25. The summed E-state index contributed by atoms with van der Waals surface area (Å²) in [5.74, 6) is 0.0000190. The molecule has 0 bridgehead atoms. The van der Waals surface area contributed by atoms with Gasteiger partial charge in [-0.15, -0.1) is 21.5 Å². The minimum absolute atomic E-state index is 0.0315. The molecule has 156 valence electrons. The Morgan fingerprint density at radius 2 is 1.84 bits per heavy atom. The number of nitro groups is 1. The first-order valence-electron chi connectivity index (χ1n) is 8.70. The summed E-state index contributed by atoms with van der Waals surface area (Å²) in [7, 11) is 0. The summed E-state index contributed by atoms with van der Waals surface area (Å²) in [4.78, 5) is 26.9. The fraction of sp³-hybridized carbons (Fsp3) is 0.0526. The van der Waals surface area contributed by atoms with Crippen molar-refractivity contribution in [2.45, 2.75) is 5.22 Å². The average molecular weight is 474 g/mol. The molecular weight excluding hydrogens is 462 g/mol. The summed E-state index contributed by atoms with van der Waals surface area (Å²) in [6, 6.07) is 13.0. The van der Waals surface area contributed by atoms with Crippen molar-refractivity contribution in [3.63, 3.8) is 0 Å². The number of hydrogen-bond donors (Lipinski definition) is 1. The summed E-state index contributed by atoms with van der Waals surface area (Å²) >= 11 is 8.29. The molecule has 31 heavy (non-hydrogen) atoms. The number of nitro benzene ring substituents is 1. The number of carbonyl (C=O) groups excluding carboxylic acids is 1. The van der Waals surface area contributed by atoms with Crippen molar-refractivity contribution >= 4 is 51.4 Å². The zero-order valence-electron chi connectivity index (χ0n) is 15.5. The molecule has 2 aromatic heterocycles. The van der Waals surface area contributed by atoms with Gasteiger partial charge in [0.15, 0.2) is 5.13 Å². The Labute approximate surface area is 188 Å². The molecule has 0 fully saturated rings. The highest BCUT2D eigenvalue weighted by atomic mass is 35.5. The van der Waals surface area contributed by atoms with Crippen molar-refractivity contribution in [3.05, 3.63) is 69.0 Å². The van der Waals surface area contributed by atoms with E-state index in [1.54, 1.807) is 12.1 Å². The molecule has 0 aliphatic heterocycles. The zero-order chi connectivity index (χ0) is 21.8. The van der Waals surface area contributed by atoms with Gasteiger partial charge in [-0.3, -0.25) is 14.9 Å². The maximum Gasteiger partial charge on any atom is 0.277 e. The largest absolute Gasteiger partial charge is 0.411 e. The lowest BCUT2D eigenvalue weighted by molar-refractivity contribution is -0.384. The third kappa shape index (κ3) is 5.26. The van der Waals surface area contributed by atoms with E-state index in [0.717, 1.165) is 23.0 Å². The molecule has 1 amide bonds. The number of amides is 1. The Morgan fingerprint density at radius 3 is 2.55 bits per heavy atom. The molecule has 0 aliphatic rings. The number of nitrogens with zero attached hydrogens (tertiary/aromatic N) is 4. The Balaban J connectivity index is 1.32. The number of carbonyl (C=O) groups is 1. The molecule has 0 unspecified atom stereocenters. The predicted molar refractivity (Wildman–Crippen MR) is 118 cm³/mol. The van der Waals surface area contributed by atoms with Gasteiger partial charge in [-0.05, 0) is 24.3 Å². The second-order valence-corrected chi connectivity index (χ2v) is 8.28. The number of nitrogens with one attached hydrogen (secondary N) is 1. The third-order valence-electron chi connectivity index (χ3n) is 3.95. The van der Waals surface area contributed by atoms with Crippen LogP contribution in [0.25, 0.3) is 22.7 Å². The molecule has 12 heteroatoms. The summed E-state index contributed by atoms with van der Waals surface area (Å²) in [5.41, 5.74) is 2.16. The predicted octanol–water partition coefficient (Wildman–Crippen LogP) is 5.15. The Bertz CT molecular complexity index is 1220. The molecule has 0 atom stereocenters. The van der Waals surface area contributed by atoms with Crippen LogP contribution in [0.2, 0.25) is 5.02 Å². The van der Waals surface area contributed by atoms with E-state index in [1.807, 2.05) is 17.5 Å². The first kappa shape index (κ1) is 21.0. The van der Waals surface area contributed by atoms with Gasteiger partial charge in [-0.1, -0.05) is 35.5 Å². The Morgan fingerprint density at radius 1 is 1.13 bits per heavy atom. The van der Waals surface area contributed by atoms with Crippen LogP contribution in [0.1, 0.15) is 0 Å². The number of hydrogen-bond acceptors (Lipinski definition) is 9. The number of benzene rings is 2. The second-order valence-electron chi connectivity index (χ2n) is 6.06. The molecule has 0 saturated carbocycles. The Hall–Kier alpha value is -3.28. The van der Waals surface area contributed by atoms with Gasteiger partial charge in [0.05, 0.1) is 16.4 Å². The van der Waals surface area contributed by atoms with Crippen LogP contribution in [-0.2, 0) is 4.79 Å². The van der Waals surface area contributed by atoms with Gasteiger partial charge >= 0.3 is 0 Å². The number of anilines is 1. The fourth-order valence-electron chi connectivity index (χ4n) is 2.48. The summed E-state index contributed by atoms with van der Waals surface area (Å²) in [6.45, 7) is 0. The number of thiazole rings is 1. The van der Waals surface area contributed by atoms with E-state index in [4.69, 9.17) is 16.0 Å². The molecule has 2 aromatic carbocycles. The van der Waals surface area contributed by atoms with E-state index in [2.05, 4.69) is 20.5 Å². The lowest BCUT2D eigenvalue weighted by atomic mass is 10.2. The molecule has 4 aromatic rings. The fourth-order valence-corrected chi connectivity index (χ4v) is 3.90. The highest BCUT2D eigenvalue weighted by molar-refractivity contribution is 7.99. The lowest BCUT2D eigenvalue weighted by Gasteiger charge is -1.99. The molecular formula is C19H12ClN5O4S2. The maximum atomic E-state index is 12.2. The summed E-state index contributed by atoms with van der Waals surface area (Å²) < 4.78 is 5.51. The van der Waals surface area contributed by atoms with Crippen molar-refractivity contribution in [1.82, 2.24) is 15.2 Å². The molecule has 4 rings (SSSR count). The van der Waals surface area contributed by atoms with Crippen LogP contribution in [0, 0.1) is 10.1 Å². The molecule has 0 spiro atoms. The van der Waals surface area contributed by atoms with Gasteiger partial charge in [-0.2, -0.15) is 0 Å². The number of non-ortho nitro benzene ring substituents is 1. The minimum atomic E-state index is -0.488. The topological polar surface area (TPSA) is 124 Å². The number of thioether (sulfide) groups is 1. The van der Waals surface area contributed by atoms with Gasteiger partial charge < -0.3 is 9.73 Å². The number of halogens is 1. The van der Waals surface area contributed by atoms with Crippen molar-refractivity contribution in [1.29, 1.82) is 0 Å². The van der Waals surface area contributed by atoms with Crippen LogP contribution in [0.4, 0.5) is 10.8 Å². The minimum Gasteiger partial charge on any atom is -0.411 e. The van der Waals surface area contributed by atoms with E-state index < -0.39 is 4.92 Å². The highest BCUT2D eigenvalue weighted by Gasteiger charge is 2.14. The van der Waals surface area contributed by atoms with Gasteiger partial charge in [0.1, 0.15) is 0 Å². The summed E-state index contributed by atoms with van der Waals surface area (Å²) in [5, 5.41) is 24.4. The number of rotatable bonds is 7. The van der Waals surface area contributed by atoms with Gasteiger partial charge in [0.25, 0.3) is 10.9 Å². The quantitative estimate of drug-likeness (QED) is 0.222. The standard InChI is InChI=1S/C19H12ClN5O4S2/c20-13-5-1-11(2-6-13)15-9-30-18(21-15)22-16(26)10-31-19-24-23-17(29-19)12-3-7-14(8-4-12)25(27)28/h1-9H,10H2,(H,21,22,26). The van der Waals surface area contributed by atoms with Crippen LogP contribution in [0.5, 0.6) is 0 Å². The van der Waals surface area contributed by atoms with Gasteiger partial charge in [0, 0.05) is 33.7 Å². The SMILES string of the molecule is O=C(CSc1nnc(-c2ccc([N+](=O)[O-])cc2)o1)Nc1nc(-c2ccc(Cl)cc2)cs1. The van der Waals surface area contributed by atoms with Gasteiger partial charge in [-0.25, -0.2) is 4.98 Å². The molecule has 0 saturated heterocycles. The summed E-state index contributed by atoms with van der Waals surface area (Å²) in [6.07, 6.45) is 0. The van der Waals surface area contributed by atoms with Crippen molar-refractivity contribution < 1.29 is 14.1 Å². The van der Waals surface area contributed by atoms with E-state index in [0.29, 0.717) is 15.7 Å². The number of aromatic nitrogens is 3. The van der Waals surface area contributed by atoms with Gasteiger partial charge in [0.2, 0.25) is 11.8 Å². The first-order valence-corrected chi connectivity index (χ1v) is 10.9. The molecule has 1 N–H and O–H groups in total. The monoisotopic (exact) mass is 473 g/mol. The van der Waals surface area contributed by atoms with Crippen molar-refractivity contribution in [2.75, 3.05) is 11.1 Å². The average Bonchev–Trinajstić information content (AvgIpc) is 3.43. The molecule has 9 nitrogen and oxygen atoms in total. The maximum absolute atomic E-state index is 12.2. The van der Waals surface area contributed by atoms with Crippen molar-refractivity contribution in [2.24, 2.45) is 0 Å². The molecule has 0 radical (unpaired) electrons. The molecule has 2 heterocycles. The van der Waals surface area contributed by atoms with Crippen molar-refractivity contribution in [3.8, 4) is 22.7 Å². The zero-order valence-corrected chi connectivity index (χ0v) is 17.9. The van der Waals surface area contributed by atoms with Crippen LogP contribution in [0.15, 0.2) is 63.6 Å².